The molecule has 4 heteroatoms. The lowest BCUT2D eigenvalue weighted by Gasteiger charge is -2.31. The first-order valence-corrected chi connectivity index (χ1v) is 7.15. The standard InChI is InChI=1S/C15H25N3O/c1-13-6-9-18(11-14-5-3-4-8-16-14)12-15(7-10-19)17(13)2/h3-5,8,13,15,19H,6-7,9-12H2,1-2H3. The van der Waals surface area contributed by atoms with Gasteiger partial charge in [0, 0.05) is 44.5 Å². The molecule has 0 amide bonds. The van der Waals surface area contributed by atoms with E-state index in [1.807, 2.05) is 18.3 Å². The van der Waals surface area contributed by atoms with Crippen LogP contribution in [-0.4, -0.2) is 58.7 Å². The van der Waals surface area contributed by atoms with Crippen LogP contribution in [0.15, 0.2) is 24.4 Å². The van der Waals surface area contributed by atoms with Crippen molar-refractivity contribution >= 4 is 0 Å². The molecule has 1 saturated heterocycles. The summed E-state index contributed by atoms with van der Waals surface area (Å²) >= 11 is 0. The Morgan fingerprint density at radius 1 is 1.42 bits per heavy atom. The van der Waals surface area contributed by atoms with Crippen molar-refractivity contribution in [3.05, 3.63) is 30.1 Å². The second-order valence-electron chi connectivity index (χ2n) is 5.53. The fourth-order valence-electron chi connectivity index (χ4n) is 2.76. The van der Waals surface area contributed by atoms with E-state index in [9.17, 15) is 5.11 Å². The van der Waals surface area contributed by atoms with Crippen molar-refractivity contribution in [1.29, 1.82) is 0 Å². The van der Waals surface area contributed by atoms with E-state index in [-0.39, 0.29) is 6.61 Å². The smallest absolute Gasteiger partial charge is 0.0543 e. The van der Waals surface area contributed by atoms with Crippen molar-refractivity contribution in [2.24, 2.45) is 0 Å². The maximum absolute atomic E-state index is 9.23. The van der Waals surface area contributed by atoms with Crippen LogP contribution in [0.1, 0.15) is 25.5 Å². The normalized spacial score (nSPS) is 26.3. The van der Waals surface area contributed by atoms with Crippen LogP contribution < -0.4 is 0 Å². The van der Waals surface area contributed by atoms with E-state index < -0.39 is 0 Å². The summed E-state index contributed by atoms with van der Waals surface area (Å²) in [5.41, 5.74) is 1.13. The number of hydrogen-bond acceptors (Lipinski definition) is 4. The molecule has 1 aromatic rings. The molecule has 0 radical (unpaired) electrons. The highest BCUT2D eigenvalue weighted by atomic mass is 16.3. The van der Waals surface area contributed by atoms with Crippen LogP contribution in [0, 0.1) is 0 Å². The average molecular weight is 263 g/mol. The maximum Gasteiger partial charge on any atom is 0.0543 e. The van der Waals surface area contributed by atoms with Crippen LogP contribution in [0.2, 0.25) is 0 Å². The predicted molar refractivity (Wildman–Crippen MR) is 76.8 cm³/mol. The quantitative estimate of drug-likeness (QED) is 0.890. The number of pyridine rings is 1. The van der Waals surface area contributed by atoms with Gasteiger partial charge in [0.1, 0.15) is 0 Å². The molecule has 2 heterocycles. The second-order valence-corrected chi connectivity index (χ2v) is 5.53. The van der Waals surface area contributed by atoms with Crippen LogP contribution in [-0.2, 0) is 6.54 Å². The maximum atomic E-state index is 9.23. The van der Waals surface area contributed by atoms with Gasteiger partial charge >= 0.3 is 0 Å². The Kier molecular flexibility index (Phi) is 5.31. The minimum absolute atomic E-state index is 0.263. The van der Waals surface area contributed by atoms with Crippen LogP contribution in [0.5, 0.6) is 0 Å². The highest BCUT2D eigenvalue weighted by Gasteiger charge is 2.26. The summed E-state index contributed by atoms with van der Waals surface area (Å²) in [6.45, 7) is 5.55. The molecule has 0 saturated carbocycles. The lowest BCUT2D eigenvalue weighted by molar-refractivity contribution is 0.139. The van der Waals surface area contributed by atoms with E-state index in [1.165, 1.54) is 6.42 Å². The number of aliphatic hydroxyl groups excluding tert-OH is 1. The highest BCUT2D eigenvalue weighted by Crippen LogP contribution is 2.17. The zero-order valence-corrected chi connectivity index (χ0v) is 12.0. The molecule has 0 bridgehead atoms. The number of likely N-dealkylation sites (N-methyl/N-ethyl adjacent to an activating group) is 1. The van der Waals surface area contributed by atoms with Gasteiger partial charge in [-0.25, -0.2) is 0 Å². The van der Waals surface area contributed by atoms with Gasteiger partial charge in [-0.05, 0) is 38.9 Å². The fourth-order valence-corrected chi connectivity index (χ4v) is 2.76. The van der Waals surface area contributed by atoms with Gasteiger partial charge in [-0.1, -0.05) is 6.07 Å². The first kappa shape index (κ1) is 14.4. The topological polar surface area (TPSA) is 39.6 Å². The van der Waals surface area contributed by atoms with Crippen molar-refractivity contribution in [3.63, 3.8) is 0 Å². The first-order valence-electron chi connectivity index (χ1n) is 7.15. The van der Waals surface area contributed by atoms with Crippen molar-refractivity contribution in [1.82, 2.24) is 14.8 Å². The van der Waals surface area contributed by atoms with Crippen LogP contribution in [0.4, 0.5) is 0 Å². The third-order valence-corrected chi connectivity index (χ3v) is 4.18. The van der Waals surface area contributed by atoms with Crippen molar-refractivity contribution < 1.29 is 5.11 Å². The van der Waals surface area contributed by atoms with Crippen molar-refractivity contribution in [3.8, 4) is 0 Å². The molecule has 0 aromatic carbocycles. The summed E-state index contributed by atoms with van der Waals surface area (Å²) < 4.78 is 0. The Morgan fingerprint density at radius 3 is 2.95 bits per heavy atom. The molecule has 1 aliphatic heterocycles. The predicted octanol–water partition coefficient (Wildman–Crippen LogP) is 1.36. The molecule has 0 aliphatic carbocycles. The average Bonchev–Trinajstić information content (AvgIpc) is 2.55. The van der Waals surface area contributed by atoms with Gasteiger partial charge in [0.15, 0.2) is 0 Å². The van der Waals surface area contributed by atoms with Gasteiger partial charge in [-0.2, -0.15) is 0 Å². The van der Waals surface area contributed by atoms with Crippen LogP contribution in [0.3, 0.4) is 0 Å². The number of aromatic nitrogens is 1. The van der Waals surface area contributed by atoms with Gasteiger partial charge in [0.2, 0.25) is 0 Å². The van der Waals surface area contributed by atoms with Gasteiger partial charge in [-0.15, -0.1) is 0 Å². The molecule has 4 nitrogen and oxygen atoms in total. The summed E-state index contributed by atoms with van der Waals surface area (Å²) in [5, 5.41) is 9.23. The van der Waals surface area contributed by atoms with Gasteiger partial charge < -0.3 is 5.11 Å². The zero-order valence-electron chi connectivity index (χ0n) is 12.0. The molecule has 1 N–H and O–H groups in total. The van der Waals surface area contributed by atoms with Crippen molar-refractivity contribution in [2.75, 3.05) is 26.7 Å². The molecule has 2 rings (SSSR count). The number of hydrogen-bond donors (Lipinski definition) is 1. The number of nitrogens with zero attached hydrogens (tertiary/aromatic N) is 3. The van der Waals surface area contributed by atoms with E-state index in [1.54, 1.807) is 0 Å². The SMILES string of the molecule is CC1CCN(Cc2ccccn2)CC(CCO)N1C. The second kappa shape index (κ2) is 6.98. The molecule has 1 fully saturated rings. The minimum Gasteiger partial charge on any atom is -0.396 e. The molecular formula is C15H25N3O. The summed E-state index contributed by atoms with van der Waals surface area (Å²) in [6, 6.07) is 7.09. The third kappa shape index (κ3) is 4.00. The first-order chi connectivity index (χ1) is 9.20. The Morgan fingerprint density at radius 2 is 2.26 bits per heavy atom. The van der Waals surface area contributed by atoms with E-state index in [0.717, 1.165) is 31.7 Å². The Labute approximate surface area is 116 Å². The summed E-state index contributed by atoms with van der Waals surface area (Å²) in [7, 11) is 2.18. The molecule has 1 aromatic heterocycles. The summed E-state index contributed by atoms with van der Waals surface area (Å²) in [6.07, 6.45) is 3.87. The molecule has 1 aliphatic rings. The monoisotopic (exact) mass is 263 g/mol. The minimum atomic E-state index is 0.263. The molecule has 2 atom stereocenters. The fraction of sp³-hybridized carbons (Fsp3) is 0.667. The number of aliphatic hydroxyl groups is 1. The van der Waals surface area contributed by atoms with Crippen LogP contribution in [0.25, 0.3) is 0 Å². The largest absolute Gasteiger partial charge is 0.396 e. The van der Waals surface area contributed by atoms with E-state index >= 15 is 0 Å². The van der Waals surface area contributed by atoms with E-state index in [4.69, 9.17) is 0 Å². The Balaban J connectivity index is 2.01. The Hall–Kier alpha value is -0.970. The van der Waals surface area contributed by atoms with Gasteiger partial charge in [-0.3, -0.25) is 14.8 Å². The molecular weight excluding hydrogens is 238 g/mol. The van der Waals surface area contributed by atoms with Crippen LogP contribution >= 0.6 is 0 Å². The summed E-state index contributed by atoms with van der Waals surface area (Å²) in [4.78, 5) is 9.28. The summed E-state index contributed by atoms with van der Waals surface area (Å²) in [5.74, 6) is 0. The highest BCUT2D eigenvalue weighted by molar-refractivity contribution is 5.03. The Bertz CT molecular complexity index is 371. The molecule has 106 valence electrons. The van der Waals surface area contributed by atoms with E-state index in [2.05, 4.69) is 34.8 Å². The third-order valence-electron chi connectivity index (χ3n) is 4.18. The molecule has 2 unspecified atom stereocenters. The zero-order chi connectivity index (χ0) is 13.7. The lowest BCUT2D eigenvalue weighted by Crippen LogP contribution is -2.42. The van der Waals surface area contributed by atoms with E-state index in [0.29, 0.717) is 12.1 Å². The number of rotatable bonds is 4. The molecule has 0 spiro atoms. The van der Waals surface area contributed by atoms with Gasteiger partial charge in [0.25, 0.3) is 0 Å². The molecule has 19 heavy (non-hydrogen) atoms. The van der Waals surface area contributed by atoms with Crippen molar-refractivity contribution in [2.45, 2.75) is 38.4 Å². The lowest BCUT2D eigenvalue weighted by atomic mass is 10.1. The van der Waals surface area contributed by atoms with Gasteiger partial charge in [0.05, 0.1) is 5.69 Å².